The van der Waals surface area contributed by atoms with E-state index in [-0.39, 0.29) is 6.10 Å². The third kappa shape index (κ3) is 3.15. The lowest BCUT2D eigenvalue weighted by Gasteiger charge is -2.34. The lowest BCUT2D eigenvalue weighted by Crippen LogP contribution is -2.37. The van der Waals surface area contributed by atoms with E-state index < -0.39 is 11.4 Å². The van der Waals surface area contributed by atoms with Crippen molar-refractivity contribution in [3.63, 3.8) is 0 Å². The monoisotopic (exact) mass is 320 g/mol. The van der Waals surface area contributed by atoms with E-state index in [4.69, 9.17) is 14.2 Å². The van der Waals surface area contributed by atoms with Gasteiger partial charge in [-0.25, -0.2) is 0 Å². The molecule has 1 unspecified atom stereocenters. The number of hydrogen-bond acceptors (Lipinski definition) is 4. The van der Waals surface area contributed by atoms with Gasteiger partial charge in [0, 0.05) is 6.42 Å². The minimum absolute atomic E-state index is 0.0397. The van der Waals surface area contributed by atoms with Gasteiger partial charge in [0.05, 0.1) is 25.7 Å². The molecule has 0 aromatic heterocycles. The van der Waals surface area contributed by atoms with E-state index in [1.807, 2.05) is 18.2 Å². The number of ether oxygens (including phenoxy) is 3. The predicted molar refractivity (Wildman–Crippen MR) is 85.2 cm³/mol. The third-order valence-electron chi connectivity index (χ3n) is 5.01. The molecule has 5 nitrogen and oxygen atoms in total. The number of hydrogen-bond donors (Lipinski definition) is 1. The highest BCUT2D eigenvalue weighted by Crippen LogP contribution is 2.42. The molecule has 23 heavy (non-hydrogen) atoms. The maximum absolute atomic E-state index is 12.0. The Bertz CT molecular complexity index is 557. The average molecular weight is 320 g/mol. The van der Waals surface area contributed by atoms with Gasteiger partial charge in [-0.1, -0.05) is 25.3 Å². The van der Waals surface area contributed by atoms with Crippen LogP contribution in [0.4, 0.5) is 0 Å². The van der Waals surface area contributed by atoms with Crippen LogP contribution < -0.4 is 9.47 Å². The zero-order chi connectivity index (χ0) is 16.3. The molecule has 1 aliphatic heterocycles. The molecule has 1 heterocycles. The molecule has 2 fully saturated rings. The van der Waals surface area contributed by atoms with Crippen LogP contribution in [0.1, 0.15) is 44.1 Å². The van der Waals surface area contributed by atoms with Gasteiger partial charge in [0.15, 0.2) is 11.5 Å². The van der Waals surface area contributed by atoms with Gasteiger partial charge in [0.1, 0.15) is 6.10 Å². The molecule has 1 atom stereocenters. The van der Waals surface area contributed by atoms with Crippen molar-refractivity contribution in [2.45, 2.75) is 50.0 Å². The van der Waals surface area contributed by atoms with Crippen LogP contribution in [0, 0.1) is 0 Å². The van der Waals surface area contributed by atoms with Gasteiger partial charge in [-0.3, -0.25) is 4.79 Å². The SMILES string of the molecule is COc1cc(C2(C(=O)O)CCCCC2)ccc1OC1CCOC1. The van der Waals surface area contributed by atoms with Crippen molar-refractivity contribution >= 4 is 5.97 Å². The summed E-state index contributed by atoms with van der Waals surface area (Å²) in [5, 5.41) is 9.82. The smallest absolute Gasteiger partial charge is 0.314 e. The van der Waals surface area contributed by atoms with Crippen LogP contribution in [0.3, 0.4) is 0 Å². The summed E-state index contributed by atoms with van der Waals surface area (Å²) in [6.07, 6.45) is 5.28. The number of methoxy groups -OCH3 is 1. The highest BCUT2D eigenvalue weighted by Gasteiger charge is 2.41. The molecule has 1 aromatic carbocycles. The summed E-state index contributed by atoms with van der Waals surface area (Å²) >= 11 is 0. The number of aliphatic carboxylic acids is 1. The first-order valence-corrected chi connectivity index (χ1v) is 8.32. The maximum Gasteiger partial charge on any atom is 0.314 e. The normalized spacial score (nSPS) is 23.4. The van der Waals surface area contributed by atoms with E-state index in [0.29, 0.717) is 37.6 Å². The first-order valence-electron chi connectivity index (χ1n) is 8.32. The molecule has 3 rings (SSSR count). The molecule has 126 valence electrons. The van der Waals surface area contributed by atoms with Gasteiger partial charge in [0.25, 0.3) is 0 Å². The molecule has 2 aliphatic rings. The van der Waals surface area contributed by atoms with Crippen LogP contribution in [0.5, 0.6) is 11.5 Å². The molecule has 0 bridgehead atoms. The Kier molecular flexibility index (Phi) is 4.76. The number of carboxylic acids is 1. The van der Waals surface area contributed by atoms with E-state index >= 15 is 0 Å². The highest BCUT2D eigenvalue weighted by molar-refractivity contribution is 5.82. The van der Waals surface area contributed by atoms with Gasteiger partial charge in [-0.2, -0.15) is 0 Å². The fraction of sp³-hybridized carbons (Fsp3) is 0.611. The van der Waals surface area contributed by atoms with E-state index in [1.54, 1.807) is 7.11 Å². The van der Waals surface area contributed by atoms with Crippen molar-refractivity contribution in [1.29, 1.82) is 0 Å². The first kappa shape index (κ1) is 16.1. The van der Waals surface area contributed by atoms with Gasteiger partial charge < -0.3 is 19.3 Å². The van der Waals surface area contributed by atoms with Crippen molar-refractivity contribution in [1.82, 2.24) is 0 Å². The molecule has 1 saturated heterocycles. The molecule has 0 spiro atoms. The van der Waals surface area contributed by atoms with Gasteiger partial charge in [-0.05, 0) is 30.5 Å². The molecule has 0 amide bonds. The van der Waals surface area contributed by atoms with Gasteiger partial charge in [-0.15, -0.1) is 0 Å². The fourth-order valence-corrected chi connectivity index (χ4v) is 3.63. The topological polar surface area (TPSA) is 65.0 Å². The summed E-state index contributed by atoms with van der Waals surface area (Å²) in [6.45, 7) is 1.30. The summed E-state index contributed by atoms with van der Waals surface area (Å²) in [4.78, 5) is 12.0. The molecule has 5 heteroatoms. The number of rotatable bonds is 5. The minimum atomic E-state index is -0.791. The zero-order valence-electron chi connectivity index (χ0n) is 13.5. The van der Waals surface area contributed by atoms with Crippen LogP contribution in [0.15, 0.2) is 18.2 Å². The molecule has 0 radical (unpaired) electrons. The Hall–Kier alpha value is -1.75. The Morgan fingerprint density at radius 2 is 2.04 bits per heavy atom. The summed E-state index contributed by atoms with van der Waals surface area (Å²) in [5.74, 6) is 0.515. The Balaban J connectivity index is 1.89. The van der Waals surface area contributed by atoms with Gasteiger partial charge >= 0.3 is 5.97 Å². The molecule has 1 N–H and O–H groups in total. The second-order valence-corrected chi connectivity index (χ2v) is 6.42. The summed E-state index contributed by atoms with van der Waals surface area (Å²) in [7, 11) is 1.59. The van der Waals surface area contributed by atoms with E-state index in [2.05, 4.69) is 0 Å². The Labute approximate surface area is 136 Å². The number of carboxylic acid groups (broad SMARTS) is 1. The van der Waals surface area contributed by atoms with Gasteiger partial charge in [0.2, 0.25) is 0 Å². The van der Waals surface area contributed by atoms with Crippen molar-refractivity contribution in [2.75, 3.05) is 20.3 Å². The zero-order valence-corrected chi connectivity index (χ0v) is 13.5. The lowest BCUT2D eigenvalue weighted by atomic mass is 9.69. The lowest BCUT2D eigenvalue weighted by molar-refractivity contribution is -0.145. The first-order chi connectivity index (χ1) is 11.2. The second-order valence-electron chi connectivity index (χ2n) is 6.42. The van der Waals surface area contributed by atoms with Crippen LogP contribution in [0.2, 0.25) is 0 Å². The van der Waals surface area contributed by atoms with Crippen LogP contribution >= 0.6 is 0 Å². The molecule has 1 aliphatic carbocycles. The second kappa shape index (κ2) is 6.79. The standard InChI is InChI=1S/C18H24O5/c1-21-16-11-13(18(17(19)20)8-3-2-4-9-18)5-6-15(16)23-14-7-10-22-12-14/h5-6,11,14H,2-4,7-10,12H2,1H3,(H,19,20). The van der Waals surface area contributed by atoms with Crippen LogP contribution in [-0.2, 0) is 14.9 Å². The van der Waals surface area contributed by atoms with E-state index in [0.717, 1.165) is 31.2 Å². The molecular weight excluding hydrogens is 296 g/mol. The van der Waals surface area contributed by atoms with Crippen LogP contribution in [0.25, 0.3) is 0 Å². The molecular formula is C18H24O5. The summed E-state index contributed by atoms with van der Waals surface area (Å²) in [5.41, 5.74) is 0.0251. The van der Waals surface area contributed by atoms with Crippen molar-refractivity contribution in [3.05, 3.63) is 23.8 Å². The van der Waals surface area contributed by atoms with Crippen molar-refractivity contribution in [2.24, 2.45) is 0 Å². The third-order valence-corrected chi connectivity index (χ3v) is 5.01. The van der Waals surface area contributed by atoms with Crippen molar-refractivity contribution in [3.8, 4) is 11.5 Å². The molecule has 1 aromatic rings. The highest BCUT2D eigenvalue weighted by atomic mass is 16.6. The Morgan fingerprint density at radius 3 is 2.65 bits per heavy atom. The number of carbonyl (C=O) groups is 1. The Morgan fingerprint density at radius 1 is 1.26 bits per heavy atom. The average Bonchev–Trinajstić information content (AvgIpc) is 3.08. The minimum Gasteiger partial charge on any atom is -0.493 e. The summed E-state index contributed by atoms with van der Waals surface area (Å²) < 4.78 is 16.7. The fourth-order valence-electron chi connectivity index (χ4n) is 3.63. The number of benzene rings is 1. The largest absolute Gasteiger partial charge is 0.493 e. The summed E-state index contributed by atoms with van der Waals surface area (Å²) in [6, 6.07) is 5.56. The van der Waals surface area contributed by atoms with Crippen molar-refractivity contribution < 1.29 is 24.1 Å². The maximum atomic E-state index is 12.0. The molecule has 1 saturated carbocycles. The van der Waals surface area contributed by atoms with E-state index in [1.165, 1.54) is 0 Å². The predicted octanol–water partition coefficient (Wildman–Crippen LogP) is 3.15. The van der Waals surface area contributed by atoms with Crippen LogP contribution in [-0.4, -0.2) is 37.5 Å². The quantitative estimate of drug-likeness (QED) is 0.903. The van der Waals surface area contributed by atoms with E-state index in [9.17, 15) is 9.90 Å².